The fraction of sp³-hybridized carbons (Fsp3) is 0.407. The molecule has 2 aromatic rings. The number of aliphatic hydroxyl groups excluding tert-OH is 1. The lowest BCUT2D eigenvalue weighted by molar-refractivity contribution is 0.0128. The summed E-state index contributed by atoms with van der Waals surface area (Å²) in [7, 11) is 5.73. The molecule has 1 saturated heterocycles. The molecule has 2 aliphatic heterocycles. The van der Waals surface area contributed by atoms with Crippen LogP contribution in [0.5, 0.6) is 0 Å². The standard InChI is InChI=1S/C27H36N6O3/c1-19-5-6-22(30-26(34)20-7-8-29-25(16-20)31(3)10-9-28-2)17-23(19)21-15-24(27(35)32(4)18-21)33-11-13-36-14-12-33/h5-8,15-18,27-28,35H,9-14H2,1-4H3,(H,30,34). The third kappa shape index (κ3) is 5.87. The van der Waals surface area contributed by atoms with E-state index in [0.29, 0.717) is 24.5 Å². The quantitative estimate of drug-likeness (QED) is 0.516. The number of carbonyl (C=O) groups is 1. The number of nitrogens with zero attached hydrogens (tertiary/aromatic N) is 4. The number of ether oxygens (including phenoxy) is 1. The average molecular weight is 493 g/mol. The number of morpholine rings is 1. The highest BCUT2D eigenvalue weighted by Gasteiger charge is 2.26. The molecule has 1 atom stereocenters. The molecule has 9 nitrogen and oxygen atoms in total. The number of aliphatic hydroxyl groups is 1. The van der Waals surface area contributed by atoms with Gasteiger partial charge in [0.1, 0.15) is 5.82 Å². The molecule has 0 bridgehead atoms. The summed E-state index contributed by atoms with van der Waals surface area (Å²) in [5.41, 5.74) is 5.18. The van der Waals surface area contributed by atoms with Crippen molar-refractivity contribution in [3.8, 4) is 0 Å². The van der Waals surface area contributed by atoms with Crippen molar-refractivity contribution < 1.29 is 14.6 Å². The molecule has 4 rings (SSSR count). The number of hydrogen-bond donors (Lipinski definition) is 3. The highest BCUT2D eigenvalue weighted by atomic mass is 16.5. The van der Waals surface area contributed by atoms with Crippen molar-refractivity contribution in [2.24, 2.45) is 0 Å². The number of allylic oxidation sites excluding steroid dienone is 2. The van der Waals surface area contributed by atoms with Gasteiger partial charge in [0.25, 0.3) is 5.91 Å². The topological polar surface area (TPSA) is 93.2 Å². The number of amides is 1. The van der Waals surface area contributed by atoms with E-state index in [9.17, 15) is 9.90 Å². The van der Waals surface area contributed by atoms with Crippen LogP contribution in [0.25, 0.3) is 5.57 Å². The first-order valence-electron chi connectivity index (χ1n) is 12.3. The van der Waals surface area contributed by atoms with Crippen LogP contribution < -0.4 is 15.5 Å². The van der Waals surface area contributed by atoms with Gasteiger partial charge in [-0.05, 0) is 61.0 Å². The summed E-state index contributed by atoms with van der Waals surface area (Å²) in [4.78, 5) is 23.5. The van der Waals surface area contributed by atoms with Crippen molar-refractivity contribution in [3.05, 3.63) is 71.2 Å². The number of anilines is 2. The second-order valence-electron chi connectivity index (χ2n) is 9.20. The summed E-state index contributed by atoms with van der Waals surface area (Å²) in [5.74, 6) is 0.558. The molecule has 3 N–H and O–H groups in total. The number of benzene rings is 1. The summed E-state index contributed by atoms with van der Waals surface area (Å²) in [6, 6.07) is 9.42. The number of pyridine rings is 1. The molecule has 3 heterocycles. The molecule has 192 valence electrons. The lowest BCUT2D eigenvalue weighted by Gasteiger charge is -2.38. The van der Waals surface area contributed by atoms with Gasteiger partial charge in [0, 0.05) is 63.9 Å². The highest BCUT2D eigenvalue weighted by molar-refractivity contribution is 6.05. The lowest BCUT2D eigenvalue weighted by atomic mass is 9.97. The van der Waals surface area contributed by atoms with Crippen LogP contribution in [-0.2, 0) is 4.74 Å². The predicted molar refractivity (Wildman–Crippen MR) is 143 cm³/mol. The van der Waals surface area contributed by atoms with E-state index in [-0.39, 0.29) is 5.91 Å². The first-order valence-corrected chi connectivity index (χ1v) is 12.3. The SMILES string of the molecule is CNCCN(C)c1cc(C(=O)Nc2ccc(C)c(C3=CN(C)C(O)C(N4CCOCC4)=C3)c2)ccn1. The van der Waals surface area contributed by atoms with Crippen LogP contribution in [0.1, 0.15) is 21.5 Å². The predicted octanol–water partition coefficient (Wildman–Crippen LogP) is 2.12. The minimum Gasteiger partial charge on any atom is -0.378 e. The lowest BCUT2D eigenvalue weighted by Crippen LogP contribution is -2.44. The molecule has 1 amide bonds. The second kappa shape index (κ2) is 11.6. The Morgan fingerprint density at radius 1 is 1.25 bits per heavy atom. The van der Waals surface area contributed by atoms with Crippen molar-refractivity contribution in [1.82, 2.24) is 20.1 Å². The molecule has 0 aliphatic carbocycles. The Kier molecular flexibility index (Phi) is 8.25. The first-order chi connectivity index (χ1) is 17.4. The van der Waals surface area contributed by atoms with Crippen molar-refractivity contribution in [1.29, 1.82) is 0 Å². The average Bonchev–Trinajstić information content (AvgIpc) is 2.90. The van der Waals surface area contributed by atoms with Gasteiger partial charge in [-0.2, -0.15) is 0 Å². The van der Waals surface area contributed by atoms with Crippen molar-refractivity contribution in [3.63, 3.8) is 0 Å². The zero-order chi connectivity index (χ0) is 25.7. The van der Waals surface area contributed by atoms with Gasteiger partial charge in [-0.3, -0.25) is 4.79 Å². The minimum atomic E-state index is -0.706. The van der Waals surface area contributed by atoms with E-state index in [2.05, 4.69) is 20.5 Å². The Hall–Kier alpha value is -3.40. The van der Waals surface area contributed by atoms with Gasteiger partial charge in [0.2, 0.25) is 0 Å². The van der Waals surface area contributed by atoms with Gasteiger partial charge >= 0.3 is 0 Å². The monoisotopic (exact) mass is 492 g/mol. The van der Waals surface area contributed by atoms with E-state index < -0.39 is 6.23 Å². The van der Waals surface area contributed by atoms with Crippen LogP contribution in [0.3, 0.4) is 0 Å². The van der Waals surface area contributed by atoms with Crippen LogP contribution in [0.4, 0.5) is 11.5 Å². The smallest absolute Gasteiger partial charge is 0.255 e. The second-order valence-corrected chi connectivity index (χ2v) is 9.20. The maximum absolute atomic E-state index is 13.1. The Bertz CT molecular complexity index is 1140. The first kappa shape index (κ1) is 25.7. The zero-order valence-corrected chi connectivity index (χ0v) is 21.5. The molecule has 1 aromatic carbocycles. The van der Waals surface area contributed by atoms with Crippen LogP contribution >= 0.6 is 0 Å². The van der Waals surface area contributed by atoms with Crippen LogP contribution in [0, 0.1) is 6.92 Å². The number of nitrogens with one attached hydrogen (secondary N) is 2. The van der Waals surface area contributed by atoms with E-state index in [1.807, 2.05) is 68.3 Å². The van der Waals surface area contributed by atoms with E-state index in [1.54, 1.807) is 18.3 Å². The van der Waals surface area contributed by atoms with Gasteiger partial charge in [-0.15, -0.1) is 0 Å². The molecule has 1 unspecified atom stereocenters. The molecule has 36 heavy (non-hydrogen) atoms. The number of likely N-dealkylation sites (N-methyl/N-ethyl adjacent to an activating group) is 3. The summed E-state index contributed by atoms with van der Waals surface area (Å²) in [6.07, 6.45) is 4.94. The molecule has 1 fully saturated rings. The third-order valence-electron chi connectivity index (χ3n) is 6.58. The number of hydrogen-bond acceptors (Lipinski definition) is 8. The molecule has 0 spiro atoms. The van der Waals surface area contributed by atoms with Crippen LogP contribution in [-0.4, -0.2) is 92.6 Å². The maximum atomic E-state index is 13.1. The number of aromatic nitrogens is 1. The van der Waals surface area contributed by atoms with E-state index in [0.717, 1.165) is 54.4 Å². The van der Waals surface area contributed by atoms with Gasteiger partial charge in [-0.1, -0.05) is 6.07 Å². The van der Waals surface area contributed by atoms with Gasteiger partial charge in [-0.25, -0.2) is 4.98 Å². The van der Waals surface area contributed by atoms with E-state index in [1.165, 1.54) is 0 Å². The van der Waals surface area contributed by atoms with Gasteiger partial charge < -0.3 is 35.2 Å². The Morgan fingerprint density at radius 2 is 2.03 bits per heavy atom. The molecular formula is C27H36N6O3. The fourth-order valence-corrected chi connectivity index (χ4v) is 4.37. The summed E-state index contributed by atoms with van der Waals surface area (Å²) < 4.78 is 5.48. The number of rotatable bonds is 8. The Balaban J connectivity index is 1.55. The highest BCUT2D eigenvalue weighted by Crippen LogP contribution is 2.31. The maximum Gasteiger partial charge on any atom is 0.255 e. The zero-order valence-electron chi connectivity index (χ0n) is 21.5. The summed E-state index contributed by atoms with van der Waals surface area (Å²) >= 11 is 0. The van der Waals surface area contributed by atoms with Crippen molar-refractivity contribution >= 4 is 23.0 Å². The Morgan fingerprint density at radius 3 is 2.78 bits per heavy atom. The molecule has 9 heteroatoms. The van der Waals surface area contributed by atoms with Crippen molar-refractivity contribution in [2.45, 2.75) is 13.2 Å². The number of aryl methyl sites for hydroxylation is 1. The molecular weight excluding hydrogens is 456 g/mol. The fourth-order valence-electron chi connectivity index (χ4n) is 4.37. The summed E-state index contributed by atoms with van der Waals surface area (Å²) in [5, 5.41) is 16.9. The molecule has 0 saturated carbocycles. The molecule has 2 aliphatic rings. The van der Waals surface area contributed by atoms with Gasteiger partial charge in [0.05, 0.1) is 18.9 Å². The third-order valence-corrected chi connectivity index (χ3v) is 6.58. The minimum absolute atomic E-state index is 0.190. The molecule has 1 aromatic heterocycles. The van der Waals surface area contributed by atoms with Crippen LogP contribution in [0.2, 0.25) is 0 Å². The van der Waals surface area contributed by atoms with E-state index in [4.69, 9.17) is 4.74 Å². The normalized spacial score (nSPS) is 18.0. The van der Waals surface area contributed by atoms with Gasteiger partial charge in [0.15, 0.2) is 6.23 Å². The van der Waals surface area contributed by atoms with E-state index >= 15 is 0 Å². The molecule has 0 radical (unpaired) electrons. The largest absolute Gasteiger partial charge is 0.378 e. The van der Waals surface area contributed by atoms with Crippen molar-refractivity contribution in [2.75, 3.05) is 70.8 Å². The van der Waals surface area contributed by atoms with Crippen LogP contribution in [0.15, 0.2) is 54.5 Å². The Labute approximate surface area is 213 Å². The summed E-state index contributed by atoms with van der Waals surface area (Å²) in [6.45, 7) is 6.45. The number of carbonyl (C=O) groups excluding carboxylic acids is 1.